The molecule has 1 aromatic heterocycles. The zero-order valence-electron chi connectivity index (χ0n) is 20.2. The zero-order chi connectivity index (χ0) is 26.4. The molecule has 0 saturated heterocycles. The molecule has 0 spiro atoms. The normalized spacial score (nSPS) is 15.6. The van der Waals surface area contributed by atoms with Crippen molar-refractivity contribution in [1.29, 1.82) is 0 Å². The highest BCUT2D eigenvalue weighted by molar-refractivity contribution is 7.90. The molecule has 4 rings (SSSR count). The van der Waals surface area contributed by atoms with Crippen molar-refractivity contribution in [2.75, 3.05) is 18.1 Å². The molecule has 2 heterocycles. The highest BCUT2D eigenvalue weighted by Gasteiger charge is 2.32. The zero-order valence-corrected chi connectivity index (χ0v) is 22.6. The number of hydrogen-bond donors (Lipinski definition) is 1. The smallest absolute Gasteiger partial charge is 0.263 e. The van der Waals surface area contributed by atoms with E-state index in [1.165, 1.54) is 22.8 Å². The van der Waals surface area contributed by atoms with Gasteiger partial charge in [-0.2, -0.15) is 0 Å². The molecule has 1 atom stereocenters. The van der Waals surface area contributed by atoms with Gasteiger partial charge < -0.3 is 10.2 Å². The Morgan fingerprint density at radius 3 is 2.36 bits per heavy atom. The summed E-state index contributed by atoms with van der Waals surface area (Å²) in [5, 5.41) is 3.86. The van der Waals surface area contributed by atoms with Crippen LogP contribution in [0, 0.1) is 0 Å². The van der Waals surface area contributed by atoms with Gasteiger partial charge in [-0.1, -0.05) is 30.1 Å². The van der Waals surface area contributed by atoms with Gasteiger partial charge in [0.1, 0.15) is 0 Å². The maximum Gasteiger partial charge on any atom is 0.263 e. The van der Waals surface area contributed by atoms with Crippen LogP contribution in [-0.2, 0) is 16.4 Å². The van der Waals surface area contributed by atoms with Gasteiger partial charge >= 0.3 is 0 Å². The molecule has 1 amide bonds. The fourth-order valence-electron chi connectivity index (χ4n) is 4.26. The Hall–Kier alpha value is -2.88. The Balaban J connectivity index is 1.78. The highest BCUT2D eigenvalue weighted by Crippen LogP contribution is 2.29. The first kappa shape index (κ1) is 26.2. The molecule has 3 aromatic rings. The summed E-state index contributed by atoms with van der Waals surface area (Å²) in [7, 11) is -3.38. The number of carbonyl (C=O) groups is 1. The lowest BCUT2D eigenvalue weighted by atomic mass is 9.95. The molecule has 11 heteroatoms. The van der Waals surface area contributed by atoms with E-state index in [1.807, 2.05) is 20.8 Å². The highest BCUT2D eigenvalue weighted by atomic mass is 35.5. The van der Waals surface area contributed by atoms with Crippen molar-refractivity contribution >= 4 is 44.9 Å². The number of amides is 1. The second-order valence-corrected chi connectivity index (χ2v) is 12.0. The van der Waals surface area contributed by atoms with Crippen molar-refractivity contribution < 1.29 is 13.2 Å². The van der Waals surface area contributed by atoms with Crippen LogP contribution < -0.4 is 10.9 Å². The van der Waals surface area contributed by atoms with Gasteiger partial charge in [-0.05, 0) is 56.3 Å². The molecule has 0 bridgehead atoms. The molecular weight excluding hydrogens is 523 g/mol. The van der Waals surface area contributed by atoms with E-state index >= 15 is 0 Å². The van der Waals surface area contributed by atoms with Gasteiger partial charge in [-0.3, -0.25) is 9.59 Å². The number of nitrogens with one attached hydrogen (secondary N) is 1. The first-order chi connectivity index (χ1) is 16.9. The molecule has 2 aromatic carbocycles. The van der Waals surface area contributed by atoms with Crippen molar-refractivity contribution in [2.45, 2.75) is 44.2 Å². The summed E-state index contributed by atoms with van der Waals surface area (Å²) in [6, 6.07) is 10.8. The lowest BCUT2D eigenvalue weighted by Gasteiger charge is -2.33. The maximum absolute atomic E-state index is 13.8. The fraction of sp³-hybridized carbons (Fsp3) is 0.320. The van der Waals surface area contributed by atoms with Crippen LogP contribution in [0.1, 0.15) is 48.3 Å². The van der Waals surface area contributed by atoms with E-state index in [0.717, 1.165) is 6.26 Å². The molecule has 1 aliphatic heterocycles. The van der Waals surface area contributed by atoms with Crippen molar-refractivity contribution in [2.24, 2.45) is 0 Å². The van der Waals surface area contributed by atoms with Gasteiger partial charge in [0.25, 0.3) is 11.5 Å². The third-order valence-corrected chi connectivity index (χ3v) is 7.79. The molecular formula is C25H26Cl2N4O4S. The largest absolute Gasteiger partial charge is 0.353 e. The first-order valence-corrected chi connectivity index (χ1v) is 14.0. The Labute approximate surface area is 219 Å². The second kappa shape index (κ2) is 9.88. The van der Waals surface area contributed by atoms with Crippen LogP contribution in [-0.4, -0.2) is 47.6 Å². The van der Waals surface area contributed by atoms with E-state index in [0.29, 0.717) is 45.0 Å². The number of benzene rings is 2. The van der Waals surface area contributed by atoms with Crippen molar-refractivity contribution in [3.8, 4) is 5.69 Å². The molecule has 0 aliphatic carbocycles. The van der Waals surface area contributed by atoms with Gasteiger partial charge in [-0.15, -0.1) is 0 Å². The average molecular weight is 549 g/mol. The number of sulfone groups is 1. The lowest BCUT2D eigenvalue weighted by Crippen LogP contribution is -2.42. The summed E-state index contributed by atoms with van der Waals surface area (Å²) < 4.78 is 25.2. The topological polar surface area (TPSA) is 101 Å². The van der Waals surface area contributed by atoms with Gasteiger partial charge in [0.15, 0.2) is 9.84 Å². The van der Waals surface area contributed by atoms with E-state index in [4.69, 9.17) is 28.2 Å². The lowest BCUT2D eigenvalue weighted by molar-refractivity contribution is 0.0716. The Morgan fingerprint density at radius 2 is 1.78 bits per heavy atom. The number of aromatic nitrogens is 2. The molecule has 8 nitrogen and oxygen atoms in total. The van der Waals surface area contributed by atoms with Crippen LogP contribution in [0.5, 0.6) is 0 Å². The number of carbonyl (C=O) groups excluding carboxylic acids is 1. The van der Waals surface area contributed by atoms with Crippen LogP contribution in [0.25, 0.3) is 5.69 Å². The van der Waals surface area contributed by atoms with Crippen molar-refractivity contribution in [3.05, 3.63) is 79.7 Å². The van der Waals surface area contributed by atoms with E-state index in [-0.39, 0.29) is 34.9 Å². The van der Waals surface area contributed by atoms with Crippen LogP contribution in [0.3, 0.4) is 0 Å². The van der Waals surface area contributed by atoms with Crippen molar-refractivity contribution in [3.63, 3.8) is 0 Å². The number of fused-ring (bicyclic) bond motifs is 1. The van der Waals surface area contributed by atoms with Crippen LogP contribution >= 0.6 is 23.2 Å². The van der Waals surface area contributed by atoms with Crippen LogP contribution in [0.2, 0.25) is 10.0 Å². The van der Waals surface area contributed by atoms with Crippen molar-refractivity contribution in [1.82, 2.24) is 14.5 Å². The number of rotatable bonds is 5. The average Bonchev–Trinajstić information content (AvgIpc) is 2.79. The van der Waals surface area contributed by atoms with Gasteiger partial charge in [-0.25, -0.2) is 18.0 Å². The monoisotopic (exact) mass is 548 g/mol. The maximum atomic E-state index is 13.8. The second-order valence-electron chi connectivity index (χ2n) is 9.22. The number of anilines is 1. The van der Waals surface area contributed by atoms with Crippen LogP contribution in [0.4, 0.5) is 5.95 Å². The quantitative estimate of drug-likeness (QED) is 0.502. The third kappa shape index (κ3) is 5.14. The Bertz CT molecular complexity index is 1500. The molecule has 36 heavy (non-hydrogen) atoms. The van der Waals surface area contributed by atoms with Gasteiger partial charge in [0, 0.05) is 35.9 Å². The van der Waals surface area contributed by atoms with E-state index in [1.54, 1.807) is 29.2 Å². The minimum absolute atomic E-state index is 0.0357. The minimum Gasteiger partial charge on any atom is -0.353 e. The summed E-state index contributed by atoms with van der Waals surface area (Å²) in [6.07, 6.45) is 1.13. The predicted octanol–water partition coefficient (Wildman–Crippen LogP) is 4.52. The molecule has 0 saturated carbocycles. The molecule has 1 N–H and O–H groups in total. The van der Waals surface area contributed by atoms with Crippen LogP contribution in [0.15, 0.2) is 52.2 Å². The summed E-state index contributed by atoms with van der Waals surface area (Å²) in [6.45, 7) is 6.21. The van der Waals surface area contributed by atoms with E-state index in [9.17, 15) is 18.0 Å². The first-order valence-electron chi connectivity index (χ1n) is 11.3. The number of hydrogen-bond acceptors (Lipinski definition) is 6. The van der Waals surface area contributed by atoms with Gasteiger partial charge in [0.2, 0.25) is 5.95 Å². The number of halogens is 2. The fourth-order valence-corrected chi connectivity index (χ4v) is 5.19. The summed E-state index contributed by atoms with van der Waals surface area (Å²) in [4.78, 5) is 33.5. The summed E-state index contributed by atoms with van der Waals surface area (Å²) in [5.41, 5.74) is 1.67. The Kier molecular flexibility index (Phi) is 7.19. The molecule has 0 radical (unpaired) electrons. The molecule has 1 aliphatic rings. The molecule has 1 unspecified atom stereocenters. The van der Waals surface area contributed by atoms with Gasteiger partial charge in [0.05, 0.1) is 32.9 Å². The SMILES string of the molecule is CC(C)Nc1nc2c(c(=O)n1-c1ccc(S(C)(=O)=O)cc1)C(C)CN(C(=O)c1ccc(Cl)c(Cl)c1)C2. The van der Waals surface area contributed by atoms with E-state index < -0.39 is 9.84 Å². The number of nitrogens with zero attached hydrogens (tertiary/aromatic N) is 3. The predicted molar refractivity (Wildman–Crippen MR) is 141 cm³/mol. The molecule has 0 fully saturated rings. The Morgan fingerprint density at radius 1 is 1.11 bits per heavy atom. The molecule has 190 valence electrons. The minimum atomic E-state index is -3.38. The summed E-state index contributed by atoms with van der Waals surface area (Å²) >= 11 is 12.1. The standard InChI is InChI=1S/C25H26Cl2N4O4S/c1-14(2)28-25-29-21-13-30(23(32)16-5-10-19(26)20(27)11-16)12-15(3)22(21)24(33)31(25)17-6-8-18(9-7-17)36(4,34)35/h5-11,14-15H,12-13H2,1-4H3,(H,28,29). The van der Waals surface area contributed by atoms with E-state index in [2.05, 4.69) is 5.32 Å². The summed E-state index contributed by atoms with van der Waals surface area (Å²) in [5.74, 6) is -0.196. The third-order valence-electron chi connectivity index (χ3n) is 5.92.